The SMILES string of the molecule is NCC1CCC(c2nc(CC3CC3)no2)O1. The quantitative estimate of drug-likeness (QED) is 0.830. The summed E-state index contributed by atoms with van der Waals surface area (Å²) in [7, 11) is 0. The van der Waals surface area contributed by atoms with E-state index >= 15 is 0 Å². The molecule has 2 atom stereocenters. The molecule has 0 amide bonds. The van der Waals surface area contributed by atoms with Crippen molar-refractivity contribution in [1.82, 2.24) is 10.1 Å². The topological polar surface area (TPSA) is 74.2 Å². The van der Waals surface area contributed by atoms with E-state index in [1.807, 2.05) is 0 Å². The first kappa shape index (κ1) is 10.2. The third kappa shape index (κ3) is 2.10. The van der Waals surface area contributed by atoms with Crippen molar-refractivity contribution >= 4 is 0 Å². The Bertz CT molecular complexity index is 362. The molecule has 1 saturated heterocycles. The van der Waals surface area contributed by atoms with Crippen LogP contribution in [0.25, 0.3) is 0 Å². The fourth-order valence-electron chi connectivity index (χ4n) is 2.12. The lowest BCUT2D eigenvalue weighted by atomic mass is 10.2. The Labute approximate surface area is 94.3 Å². The largest absolute Gasteiger partial charge is 0.364 e. The van der Waals surface area contributed by atoms with Crippen LogP contribution in [-0.2, 0) is 11.2 Å². The van der Waals surface area contributed by atoms with E-state index < -0.39 is 0 Å². The molecular formula is C11H17N3O2. The van der Waals surface area contributed by atoms with Gasteiger partial charge in [-0.1, -0.05) is 5.16 Å². The predicted octanol–water partition coefficient (Wildman–Crippen LogP) is 1.20. The van der Waals surface area contributed by atoms with E-state index in [4.69, 9.17) is 15.0 Å². The van der Waals surface area contributed by atoms with Crippen molar-refractivity contribution in [2.24, 2.45) is 11.7 Å². The summed E-state index contributed by atoms with van der Waals surface area (Å²) < 4.78 is 11.0. The maximum absolute atomic E-state index is 5.71. The van der Waals surface area contributed by atoms with Crippen LogP contribution < -0.4 is 5.73 Å². The first-order valence-electron chi connectivity index (χ1n) is 6.03. The lowest BCUT2D eigenvalue weighted by Crippen LogP contribution is -2.18. The molecule has 1 aliphatic carbocycles. The van der Waals surface area contributed by atoms with Crippen molar-refractivity contribution in [3.05, 3.63) is 11.7 Å². The highest BCUT2D eigenvalue weighted by Crippen LogP contribution is 2.34. The molecule has 1 aromatic rings. The van der Waals surface area contributed by atoms with Crippen LogP contribution in [0.3, 0.4) is 0 Å². The van der Waals surface area contributed by atoms with Gasteiger partial charge in [0.1, 0.15) is 6.10 Å². The van der Waals surface area contributed by atoms with Crippen LogP contribution in [0.5, 0.6) is 0 Å². The lowest BCUT2D eigenvalue weighted by molar-refractivity contribution is 0.0307. The number of nitrogens with two attached hydrogens (primary N) is 1. The maximum atomic E-state index is 5.71. The Morgan fingerprint density at radius 1 is 1.25 bits per heavy atom. The molecular weight excluding hydrogens is 206 g/mol. The Hall–Kier alpha value is -0.940. The molecule has 5 heteroatoms. The highest BCUT2D eigenvalue weighted by Gasteiger charge is 2.31. The minimum Gasteiger partial charge on any atom is -0.364 e. The molecule has 2 unspecified atom stereocenters. The van der Waals surface area contributed by atoms with Gasteiger partial charge in [0, 0.05) is 13.0 Å². The van der Waals surface area contributed by atoms with Gasteiger partial charge < -0.3 is 15.0 Å². The zero-order valence-corrected chi connectivity index (χ0v) is 9.26. The summed E-state index contributed by atoms with van der Waals surface area (Å²) in [5.41, 5.74) is 5.56. The Kier molecular flexibility index (Phi) is 2.65. The van der Waals surface area contributed by atoms with E-state index in [1.165, 1.54) is 12.8 Å². The highest BCUT2D eigenvalue weighted by molar-refractivity contribution is 4.96. The van der Waals surface area contributed by atoms with Gasteiger partial charge in [0.15, 0.2) is 5.82 Å². The summed E-state index contributed by atoms with van der Waals surface area (Å²) >= 11 is 0. The lowest BCUT2D eigenvalue weighted by Gasteiger charge is -2.07. The van der Waals surface area contributed by atoms with Gasteiger partial charge >= 0.3 is 0 Å². The molecule has 0 bridgehead atoms. The monoisotopic (exact) mass is 223 g/mol. The summed E-state index contributed by atoms with van der Waals surface area (Å²) in [6, 6.07) is 0. The fraction of sp³-hybridized carbons (Fsp3) is 0.818. The van der Waals surface area contributed by atoms with E-state index in [1.54, 1.807) is 0 Å². The molecule has 2 heterocycles. The van der Waals surface area contributed by atoms with E-state index in [2.05, 4.69) is 10.1 Å². The van der Waals surface area contributed by atoms with Crippen LogP contribution in [-0.4, -0.2) is 22.8 Å². The van der Waals surface area contributed by atoms with Crippen LogP contribution in [0.4, 0.5) is 0 Å². The minimum atomic E-state index is -0.0333. The van der Waals surface area contributed by atoms with Crippen molar-refractivity contribution in [2.45, 2.75) is 44.3 Å². The molecule has 3 rings (SSSR count). The summed E-state index contributed by atoms with van der Waals surface area (Å²) in [5, 5.41) is 3.99. The van der Waals surface area contributed by atoms with Crippen molar-refractivity contribution in [3.8, 4) is 0 Å². The van der Waals surface area contributed by atoms with Gasteiger partial charge in [-0.2, -0.15) is 4.98 Å². The second-order valence-electron chi connectivity index (χ2n) is 4.76. The van der Waals surface area contributed by atoms with E-state index in [-0.39, 0.29) is 12.2 Å². The molecule has 1 saturated carbocycles. The van der Waals surface area contributed by atoms with Crippen LogP contribution in [0, 0.1) is 5.92 Å². The van der Waals surface area contributed by atoms with Crippen molar-refractivity contribution in [3.63, 3.8) is 0 Å². The summed E-state index contributed by atoms with van der Waals surface area (Å²) in [6.45, 7) is 0.569. The van der Waals surface area contributed by atoms with Crippen molar-refractivity contribution < 1.29 is 9.26 Å². The molecule has 5 nitrogen and oxygen atoms in total. The molecule has 88 valence electrons. The Morgan fingerprint density at radius 2 is 2.12 bits per heavy atom. The van der Waals surface area contributed by atoms with Gasteiger partial charge in [0.2, 0.25) is 0 Å². The first-order valence-corrected chi connectivity index (χ1v) is 6.03. The molecule has 1 aromatic heterocycles. The Morgan fingerprint density at radius 3 is 2.81 bits per heavy atom. The third-order valence-corrected chi connectivity index (χ3v) is 3.30. The van der Waals surface area contributed by atoms with Gasteiger partial charge in [-0.15, -0.1) is 0 Å². The van der Waals surface area contributed by atoms with Crippen molar-refractivity contribution in [1.29, 1.82) is 0 Å². The molecule has 1 aliphatic heterocycles. The second-order valence-corrected chi connectivity index (χ2v) is 4.76. The Balaban J connectivity index is 1.63. The summed E-state index contributed by atoms with van der Waals surface area (Å²) in [4.78, 5) is 4.40. The van der Waals surface area contributed by atoms with Gasteiger partial charge in [0.05, 0.1) is 6.10 Å². The molecule has 0 aromatic carbocycles. The maximum Gasteiger partial charge on any atom is 0.255 e. The number of hydrogen-bond acceptors (Lipinski definition) is 5. The number of nitrogens with zero attached hydrogens (tertiary/aromatic N) is 2. The first-order chi connectivity index (χ1) is 7.85. The van der Waals surface area contributed by atoms with Crippen LogP contribution in [0.2, 0.25) is 0 Å². The average Bonchev–Trinajstić information content (AvgIpc) is 2.83. The van der Waals surface area contributed by atoms with Crippen LogP contribution >= 0.6 is 0 Å². The molecule has 2 fully saturated rings. The van der Waals surface area contributed by atoms with Crippen LogP contribution in [0.15, 0.2) is 4.52 Å². The minimum absolute atomic E-state index is 0.0333. The molecule has 0 spiro atoms. The van der Waals surface area contributed by atoms with Crippen molar-refractivity contribution in [2.75, 3.05) is 6.54 Å². The third-order valence-electron chi connectivity index (χ3n) is 3.30. The predicted molar refractivity (Wildman–Crippen MR) is 56.6 cm³/mol. The number of aromatic nitrogens is 2. The zero-order chi connectivity index (χ0) is 11.0. The van der Waals surface area contributed by atoms with Gasteiger partial charge in [-0.3, -0.25) is 0 Å². The normalized spacial score (nSPS) is 29.8. The van der Waals surface area contributed by atoms with E-state index in [0.29, 0.717) is 12.4 Å². The number of rotatable bonds is 4. The van der Waals surface area contributed by atoms with Gasteiger partial charge in [0.25, 0.3) is 5.89 Å². The average molecular weight is 223 g/mol. The fourth-order valence-corrected chi connectivity index (χ4v) is 2.12. The van der Waals surface area contributed by atoms with Gasteiger partial charge in [-0.25, -0.2) is 0 Å². The summed E-state index contributed by atoms with van der Waals surface area (Å²) in [6.07, 6.45) is 5.61. The summed E-state index contributed by atoms with van der Waals surface area (Å²) in [5.74, 6) is 2.25. The molecule has 0 radical (unpaired) electrons. The second kappa shape index (κ2) is 4.14. The van der Waals surface area contributed by atoms with Crippen LogP contribution in [0.1, 0.15) is 43.5 Å². The smallest absolute Gasteiger partial charge is 0.255 e. The number of ether oxygens (including phenoxy) is 1. The highest BCUT2D eigenvalue weighted by atomic mass is 16.5. The standard InChI is InChI=1S/C11H17N3O2/c12-6-8-3-4-9(15-8)11-13-10(14-16-11)5-7-1-2-7/h7-9H,1-6,12H2. The molecule has 2 aliphatic rings. The van der Waals surface area contributed by atoms with Gasteiger partial charge in [-0.05, 0) is 31.6 Å². The molecule has 2 N–H and O–H groups in total. The van der Waals surface area contributed by atoms with E-state index in [0.717, 1.165) is 31.0 Å². The zero-order valence-electron chi connectivity index (χ0n) is 9.26. The van der Waals surface area contributed by atoms with E-state index in [9.17, 15) is 0 Å². The molecule has 16 heavy (non-hydrogen) atoms. The number of hydrogen-bond donors (Lipinski definition) is 1.